The molecule has 0 spiro atoms. The number of hydrogen-bond donors (Lipinski definition) is 0. The van der Waals surface area contributed by atoms with Crippen LogP contribution in [0.2, 0.25) is 0 Å². The van der Waals surface area contributed by atoms with Crippen LogP contribution in [0.15, 0.2) is 77.6 Å². The van der Waals surface area contributed by atoms with Gasteiger partial charge in [0.25, 0.3) is 0 Å². The van der Waals surface area contributed by atoms with Crippen molar-refractivity contribution in [2.24, 2.45) is 4.99 Å². The van der Waals surface area contributed by atoms with Crippen molar-refractivity contribution in [3.63, 3.8) is 0 Å². The normalized spacial score (nSPS) is 11.5. The second-order valence-corrected chi connectivity index (χ2v) is 6.04. The summed E-state index contributed by atoms with van der Waals surface area (Å²) in [4.78, 5) is 5.74. The average molecular weight is 336 g/mol. The van der Waals surface area contributed by atoms with Crippen molar-refractivity contribution >= 4 is 17.0 Å². The van der Waals surface area contributed by atoms with Gasteiger partial charge in [-0.05, 0) is 36.8 Å². The van der Waals surface area contributed by atoms with E-state index in [4.69, 9.17) is 9.73 Å². The third-order valence-corrected chi connectivity index (χ3v) is 4.41. The van der Waals surface area contributed by atoms with E-state index in [0.29, 0.717) is 6.61 Å². The first-order chi connectivity index (χ1) is 11.8. The highest BCUT2D eigenvalue weighted by Gasteiger charge is 2.06. The summed E-state index contributed by atoms with van der Waals surface area (Å²) < 4.78 is 7.66. The fourth-order valence-corrected chi connectivity index (χ4v) is 3.40. The number of benzene rings is 2. The van der Waals surface area contributed by atoms with Crippen molar-refractivity contribution in [3.8, 4) is 17.0 Å². The van der Waals surface area contributed by atoms with E-state index < -0.39 is 0 Å². The fraction of sp³-hybridized carbons (Fsp3) is 0.150. The zero-order valence-corrected chi connectivity index (χ0v) is 14.5. The van der Waals surface area contributed by atoms with Gasteiger partial charge in [0.05, 0.1) is 18.0 Å². The standard InChI is InChI=1S/C20H20N2OS/c1-3-14-22-19(16-8-6-5-7-9-16)15-24-20(22)21-17-10-12-18(13-11-17)23-4-2/h3,5-13,15H,1,4,14H2,2H3. The molecule has 2 aromatic carbocycles. The lowest BCUT2D eigenvalue weighted by Crippen LogP contribution is -2.14. The number of thiazole rings is 1. The molecule has 0 fully saturated rings. The number of ether oxygens (including phenoxy) is 1. The molecule has 1 heterocycles. The second kappa shape index (κ2) is 7.79. The third-order valence-electron chi connectivity index (χ3n) is 3.55. The molecule has 3 nitrogen and oxygen atoms in total. The molecule has 1 aromatic heterocycles. The van der Waals surface area contributed by atoms with Crippen LogP contribution >= 0.6 is 11.3 Å². The molecule has 0 amide bonds. The third kappa shape index (κ3) is 3.66. The predicted molar refractivity (Wildman–Crippen MR) is 101 cm³/mol. The molecule has 0 atom stereocenters. The van der Waals surface area contributed by atoms with Crippen molar-refractivity contribution in [2.45, 2.75) is 13.5 Å². The Morgan fingerprint density at radius 1 is 1.12 bits per heavy atom. The lowest BCUT2D eigenvalue weighted by atomic mass is 10.2. The van der Waals surface area contributed by atoms with Gasteiger partial charge in [-0.2, -0.15) is 0 Å². The summed E-state index contributed by atoms with van der Waals surface area (Å²) in [5, 5.41) is 2.15. The molecular weight excluding hydrogens is 316 g/mol. The summed E-state index contributed by atoms with van der Waals surface area (Å²) in [5.74, 6) is 0.867. The van der Waals surface area contributed by atoms with Gasteiger partial charge in [0, 0.05) is 11.9 Å². The summed E-state index contributed by atoms with van der Waals surface area (Å²) in [5.41, 5.74) is 3.26. The largest absolute Gasteiger partial charge is 0.494 e. The maximum Gasteiger partial charge on any atom is 0.190 e. The Morgan fingerprint density at radius 2 is 1.88 bits per heavy atom. The fourth-order valence-electron chi connectivity index (χ4n) is 2.46. The molecule has 0 unspecified atom stereocenters. The first-order valence-corrected chi connectivity index (χ1v) is 8.82. The van der Waals surface area contributed by atoms with E-state index in [1.807, 2.05) is 43.3 Å². The Morgan fingerprint density at radius 3 is 2.54 bits per heavy atom. The van der Waals surface area contributed by atoms with E-state index in [0.717, 1.165) is 28.5 Å². The minimum absolute atomic E-state index is 0.668. The number of aromatic nitrogens is 1. The van der Waals surface area contributed by atoms with Gasteiger partial charge in [0.1, 0.15) is 5.75 Å². The highest BCUT2D eigenvalue weighted by Crippen LogP contribution is 2.21. The van der Waals surface area contributed by atoms with Crippen LogP contribution in [0, 0.1) is 0 Å². The summed E-state index contributed by atoms with van der Waals surface area (Å²) in [6.07, 6.45) is 1.90. The van der Waals surface area contributed by atoms with Crippen LogP contribution in [0.25, 0.3) is 11.3 Å². The van der Waals surface area contributed by atoms with Gasteiger partial charge in [-0.3, -0.25) is 0 Å². The van der Waals surface area contributed by atoms with Crippen LogP contribution in [0.4, 0.5) is 5.69 Å². The summed E-state index contributed by atoms with van der Waals surface area (Å²) in [6.45, 7) is 7.25. The minimum atomic E-state index is 0.668. The van der Waals surface area contributed by atoms with Crippen molar-refractivity contribution in [2.75, 3.05) is 6.61 Å². The van der Waals surface area contributed by atoms with Crippen LogP contribution in [0.3, 0.4) is 0 Å². The Labute approximate surface area is 146 Å². The zero-order valence-electron chi connectivity index (χ0n) is 13.7. The molecule has 24 heavy (non-hydrogen) atoms. The molecule has 0 aliphatic heterocycles. The van der Waals surface area contributed by atoms with Crippen molar-refractivity contribution in [3.05, 3.63) is 77.4 Å². The van der Waals surface area contributed by atoms with Crippen molar-refractivity contribution in [1.29, 1.82) is 0 Å². The molecule has 0 aliphatic rings. The molecule has 0 saturated carbocycles. The molecule has 4 heteroatoms. The van der Waals surface area contributed by atoms with Crippen LogP contribution < -0.4 is 9.54 Å². The van der Waals surface area contributed by atoms with Crippen molar-refractivity contribution in [1.82, 2.24) is 4.57 Å². The van der Waals surface area contributed by atoms with Gasteiger partial charge in [0.15, 0.2) is 4.80 Å². The van der Waals surface area contributed by atoms with Crippen LogP contribution in [0.5, 0.6) is 5.75 Å². The quantitative estimate of drug-likeness (QED) is 0.580. The lowest BCUT2D eigenvalue weighted by molar-refractivity contribution is 0.340. The highest BCUT2D eigenvalue weighted by molar-refractivity contribution is 7.07. The Bertz CT molecular complexity index is 861. The number of allylic oxidation sites excluding steroid dienone is 1. The first kappa shape index (κ1) is 16.3. The number of nitrogens with zero attached hydrogens (tertiary/aromatic N) is 2. The first-order valence-electron chi connectivity index (χ1n) is 7.94. The second-order valence-electron chi connectivity index (χ2n) is 5.21. The summed E-state index contributed by atoms with van der Waals surface area (Å²) in [6, 6.07) is 18.2. The van der Waals surface area contributed by atoms with E-state index in [2.05, 4.69) is 40.8 Å². The SMILES string of the molecule is C=CCn1c(-c2ccccc2)csc1=Nc1ccc(OCC)cc1. The Balaban J connectivity index is 2.01. The molecular formula is C20H20N2OS. The average Bonchev–Trinajstić information content (AvgIpc) is 3.01. The van der Waals surface area contributed by atoms with Crippen LogP contribution in [-0.4, -0.2) is 11.2 Å². The van der Waals surface area contributed by atoms with Crippen LogP contribution in [-0.2, 0) is 6.54 Å². The Hall–Kier alpha value is -2.59. The predicted octanol–water partition coefficient (Wildman–Crippen LogP) is 5.03. The lowest BCUT2D eigenvalue weighted by Gasteiger charge is -2.06. The van der Waals surface area contributed by atoms with E-state index in [9.17, 15) is 0 Å². The number of hydrogen-bond acceptors (Lipinski definition) is 3. The van der Waals surface area contributed by atoms with E-state index in [1.54, 1.807) is 11.3 Å². The molecule has 0 saturated heterocycles. The van der Waals surface area contributed by atoms with E-state index in [1.165, 1.54) is 5.56 Å². The molecule has 0 bridgehead atoms. The monoisotopic (exact) mass is 336 g/mol. The van der Waals surface area contributed by atoms with Gasteiger partial charge < -0.3 is 9.30 Å². The molecule has 0 N–H and O–H groups in total. The van der Waals surface area contributed by atoms with Gasteiger partial charge in [-0.15, -0.1) is 17.9 Å². The summed E-state index contributed by atoms with van der Waals surface area (Å²) in [7, 11) is 0. The molecule has 122 valence electrons. The van der Waals surface area contributed by atoms with Crippen LogP contribution in [0.1, 0.15) is 6.92 Å². The molecule has 3 rings (SSSR count). The smallest absolute Gasteiger partial charge is 0.190 e. The molecule has 0 aliphatic carbocycles. The van der Waals surface area contributed by atoms with Gasteiger partial charge >= 0.3 is 0 Å². The summed E-state index contributed by atoms with van der Waals surface area (Å²) >= 11 is 1.64. The van der Waals surface area contributed by atoms with Gasteiger partial charge in [0.2, 0.25) is 0 Å². The molecule has 0 radical (unpaired) electrons. The topological polar surface area (TPSA) is 26.5 Å². The van der Waals surface area contributed by atoms with E-state index >= 15 is 0 Å². The molecule has 3 aromatic rings. The zero-order chi connectivity index (χ0) is 16.8. The Kier molecular flexibility index (Phi) is 5.29. The van der Waals surface area contributed by atoms with Gasteiger partial charge in [-0.25, -0.2) is 4.99 Å². The van der Waals surface area contributed by atoms with E-state index in [-0.39, 0.29) is 0 Å². The number of rotatable bonds is 6. The van der Waals surface area contributed by atoms with Crippen molar-refractivity contribution < 1.29 is 4.74 Å². The maximum atomic E-state index is 5.48. The minimum Gasteiger partial charge on any atom is -0.494 e. The van der Waals surface area contributed by atoms with Gasteiger partial charge in [-0.1, -0.05) is 36.4 Å². The maximum absolute atomic E-state index is 5.48. The highest BCUT2D eigenvalue weighted by atomic mass is 32.1.